The van der Waals surface area contributed by atoms with E-state index in [1.54, 1.807) is 42.0 Å². The van der Waals surface area contributed by atoms with E-state index in [2.05, 4.69) is 10.6 Å². The van der Waals surface area contributed by atoms with Crippen LogP contribution in [0.4, 0.5) is 5.69 Å². The SMILES string of the molecule is CC(NC(=O)c1ccoc1)C(=O)Nc1ccc(Cn2ccccc2=O)cc1. The van der Waals surface area contributed by atoms with Gasteiger partial charge in [0.15, 0.2) is 0 Å². The molecule has 2 aromatic heterocycles. The third-order valence-electron chi connectivity index (χ3n) is 4.00. The number of anilines is 1. The molecule has 3 aromatic rings. The summed E-state index contributed by atoms with van der Waals surface area (Å²) in [6.45, 7) is 2.05. The molecule has 0 aliphatic heterocycles. The van der Waals surface area contributed by atoms with Crippen molar-refractivity contribution in [2.75, 3.05) is 5.32 Å². The minimum absolute atomic E-state index is 0.0722. The maximum atomic E-state index is 12.2. The summed E-state index contributed by atoms with van der Waals surface area (Å²) in [7, 11) is 0. The molecular formula is C20H19N3O4. The predicted molar refractivity (Wildman–Crippen MR) is 101 cm³/mol. The molecule has 0 spiro atoms. The average molecular weight is 365 g/mol. The van der Waals surface area contributed by atoms with E-state index in [9.17, 15) is 14.4 Å². The lowest BCUT2D eigenvalue weighted by Gasteiger charge is -2.14. The predicted octanol–water partition coefficient (Wildman–Crippen LogP) is 2.25. The second-order valence-corrected chi connectivity index (χ2v) is 6.06. The van der Waals surface area contributed by atoms with Crippen LogP contribution in [0.25, 0.3) is 0 Å². The van der Waals surface area contributed by atoms with Crippen LogP contribution in [-0.2, 0) is 11.3 Å². The molecule has 138 valence electrons. The molecule has 2 amide bonds. The molecule has 0 saturated heterocycles. The molecule has 1 atom stereocenters. The van der Waals surface area contributed by atoms with Gasteiger partial charge in [-0.3, -0.25) is 14.4 Å². The average Bonchev–Trinajstić information content (AvgIpc) is 3.20. The van der Waals surface area contributed by atoms with Crippen LogP contribution in [0.2, 0.25) is 0 Å². The number of carbonyl (C=O) groups excluding carboxylic acids is 2. The van der Waals surface area contributed by atoms with E-state index in [1.165, 1.54) is 24.7 Å². The minimum atomic E-state index is -0.713. The van der Waals surface area contributed by atoms with Crippen LogP contribution in [0.5, 0.6) is 0 Å². The van der Waals surface area contributed by atoms with Gasteiger partial charge in [-0.05, 0) is 36.8 Å². The topological polar surface area (TPSA) is 93.3 Å². The molecule has 0 aliphatic carbocycles. The monoisotopic (exact) mass is 365 g/mol. The first-order valence-electron chi connectivity index (χ1n) is 8.41. The Bertz CT molecular complexity index is 975. The Morgan fingerprint density at radius 2 is 1.89 bits per heavy atom. The van der Waals surface area contributed by atoms with Crippen molar-refractivity contribution in [2.45, 2.75) is 19.5 Å². The maximum absolute atomic E-state index is 12.2. The molecule has 1 unspecified atom stereocenters. The summed E-state index contributed by atoms with van der Waals surface area (Å²) < 4.78 is 6.45. The zero-order valence-corrected chi connectivity index (χ0v) is 14.7. The van der Waals surface area contributed by atoms with Crippen molar-refractivity contribution in [2.24, 2.45) is 0 Å². The van der Waals surface area contributed by atoms with Crippen molar-refractivity contribution < 1.29 is 14.0 Å². The van der Waals surface area contributed by atoms with Crippen LogP contribution in [0.1, 0.15) is 22.8 Å². The van der Waals surface area contributed by atoms with Gasteiger partial charge in [0.1, 0.15) is 12.3 Å². The lowest BCUT2D eigenvalue weighted by molar-refractivity contribution is -0.117. The zero-order valence-electron chi connectivity index (χ0n) is 14.7. The summed E-state index contributed by atoms with van der Waals surface area (Å²) >= 11 is 0. The Morgan fingerprint density at radius 3 is 2.56 bits per heavy atom. The lowest BCUT2D eigenvalue weighted by atomic mass is 10.2. The van der Waals surface area contributed by atoms with E-state index in [0.29, 0.717) is 17.8 Å². The highest BCUT2D eigenvalue weighted by molar-refractivity contribution is 6.00. The molecule has 2 N–H and O–H groups in total. The summed E-state index contributed by atoms with van der Waals surface area (Å²) in [5.74, 6) is -0.714. The molecule has 3 rings (SSSR count). The van der Waals surface area contributed by atoms with E-state index in [4.69, 9.17) is 4.42 Å². The van der Waals surface area contributed by atoms with E-state index >= 15 is 0 Å². The van der Waals surface area contributed by atoms with Gasteiger partial charge < -0.3 is 19.6 Å². The number of rotatable bonds is 6. The summed E-state index contributed by atoms with van der Waals surface area (Å²) in [5, 5.41) is 5.35. The van der Waals surface area contributed by atoms with Gasteiger partial charge in [0, 0.05) is 18.0 Å². The number of aromatic nitrogens is 1. The van der Waals surface area contributed by atoms with Crippen LogP contribution in [0, 0.1) is 0 Å². The number of furan rings is 1. The molecular weight excluding hydrogens is 346 g/mol. The number of pyridine rings is 1. The zero-order chi connectivity index (χ0) is 19.2. The van der Waals surface area contributed by atoms with Crippen molar-refractivity contribution in [1.29, 1.82) is 0 Å². The minimum Gasteiger partial charge on any atom is -0.472 e. The van der Waals surface area contributed by atoms with Gasteiger partial charge in [-0.25, -0.2) is 0 Å². The molecule has 7 heteroatoms. The van der Waals surface area contributed by atoms with Crippen LogP contribution in [-0.4, -0.2) is 22.4 Å². The number of benzene rings is 1. The standard InChI is InChI=1S/C20H19N3O4/c1-14(21-20(26)16-9-11-27-13-16)19(25)22-17-7-5-15(6-8-17)12-23-10-3-2-4-18(23)24/h2-11,13-14H,12H2,1H3,(H,21,26)(H,22,25). The van der Waals surface area contributed by atoms with Gasteiger partial charge in [0.05, 0.1) is 18.4 Å². The van der Waals surface area contributed by atoms with Crippen LogP contribution >= 0.6 is 0 Å². The number of nitrogens with zero attached hydrogens (tertiary/aromatic N) is 1. The smallest absolute Gasteiger partial charge is 0.255 e. The normalized spacial score (nSPS) is 11.6. The Hall–Kier alpha value is -3.61. The molecule has 7 nitrogen and oxygen atoms in total. The third kappa shape index (κ3) is 4.72. The third-order valence-corrected chi connectivity index (χ3v) is 4.00. The summed E-state index contributed by atoms with van der Waals surface area (Å²) in [6.07, 6.45) is 4.43. The van der Waals surface area contributed by atoms with Crippen LogP contribution in [0.3, 0.4) is 0 Å². The highest BCUT2D eigenvalue weighted by Gasteiger charge is 2.17. The van der Waals surface area contributed by atoms with Gasteiger partial charge >= 0.3 is 0 Å². The Labute approximate surface area is 155 Å². The largest absolute Gasteiger partial charge is 0.472 e. The maximum Gasteiger partial charge on any atom is 0.255 e. The Balaban J connectivity index is 1.57. The van der Waals surface area contributed by atoms with Gasteiger partial charge in [0.25, 0.3) is 11.5 Å². The van der Waals surface area contributed by atoms with Gasteiger partial charge in [-0.15, -0.1) is 0 Å². The molecule has 0 fully saturated rings. The fourth-order valence-corrected chi connectivity index (χ4v) is 2.47. The molecule has 0 bridgehead atoms. The van der Waals surface area contributed by atoms with Gasteiger partial charge in [-0.2, -0.15) is 0 Å². The van der Waals surface area contributed by atoms with E-state index in [1.807, 2.05) is 12.1 Å². The van der Waals surface area contributed by atoms with Crippen molar-refractivity contribution in [3.05, 3.63) is 88.7 Å². The Morgan fingerprint density at radius 1 is 1.11 bits per heavy atom. The molecule has 0 aliphatic rings. The van der Waals surface area contributed by atoms with Crippen LogP contribution in [0.15, 0.2) is 76.5 Å². The fraction of sp³-hybridized carbons (Fsp3) is 0.150. The van der Waals surface area contributed by atoms with E-state index in [-0.39, 0.29) is 17.4 Å². The molecule has 2 heterocycles. The summed E-state index contributed by atoms with van der Waals surface area (Å²) in [6, 6.07) is 13.0. The van der Waals surface area contributed by atoms with Gasteiger partial charge in [0.2, 0.25) is 5.91 Å². The highest BCUT2D eigenvalue weighted by Crippen LogP contribution is 2.11. The van der Waals surface area contributed by atoms with Crippen LogP contribution < -0.4 is 16.2 Å². The number of hydrogen-bond acceptors (Lipinski definition) is 4. The lowest BCUT2D eigenvalue weighted by Crippen LogP contribution is -2.41. The fourth-order valence-electron chi connectivity index (χ4n) is 2.47. The Kier molecular flexibility index (Phi) is 5.51. The second-order valence-electron chi connectivity index (χ2n) is 6.06. The highest BCUT2D eigenvalue weighted by atomic mass is 16.3. The number of nitrogens with one attached hydrogen (secondary N) is 2. The number of amides is 2. The summed E-state index contributed by atoms with van der Waals surface area (Å²) in [4.78, 5) is 35.9. The summed E-state index contributed by atoms with van der Waals surface area (Å²) in [5.41, 5.74) is 1.82. The first-order chi connectivity index (χ1) is 13.0. The van der Waals surface area contributed by atoms with Gasteiger partial charge in [-0.1, -0.05) is 18.2 Å². The number of carbonyl (C=O) groups is 2. The molecule has 27 heavy (non-hydrogen) atoms. The van der Waals surface area contributed by atoms with Crippen molar-refractivity contribution in [3.8, 4) is 0 Å². The molecule has 1 aromatic carbocycles. The second kappa shape index (κ2) is 8.18. The first kappa shape index (κ1) is 18.2. The van der Waals surface area contributed by atoms with E-state index in [0.717, 1.165) is 5.56 Å². The first-order valence-corrected chi connectivity index (χ1v) is 8.41. The molecule has 0 saturated carbocycles. The van der Waals surface area contributed by atoms with Crippen molar-refractivity contribution >= 4 is 17.5 Å². The van der Waals surface area contributed by atoms with Crippen molar-refractivity contribution in [1.82, 2.24) is 9.88 Å². The molecule has 0 radical (unpaired) electrons. The van der Waals surface area contributed by atoms with E-state index < -0.39 is 6.04 Å². The number of hydrogen-bond donors (Lipinski definition) is 2. The quantitative estimate of drug-likeness (QED) is 0.701. The van der Waals surface area contributed by atoms with Crippen molar-refractivity contribution in [3.63, 3.8) is 0 Å².